The monoisotopic (exact) mass is 717 g/mol. The van der Waals surface area contributed by atoms with E-state index in [2.05, 4.69) is 34.4 Å². The van der Waals surface area contributed by atoms with E-state index in [1.165, 1.54) is 12.0 Å². The molecule has 1 aromatic rings. The fraction of sp³-hybridized carbons (Fsp3) is 0.600. The Morgan fingerprint density at radius 3 is 2.62 bits per heavy atom. The number of unbranched alkanes of at least 4 members (excludes halogenated alkanes) is 1. The number of hydrogen-bond acceptors (Lipinski definition) is 8. The van der Waals surface area contributed by atoms with Gasteiger partial charge in [0.05, 0.1) is 30.6 Å². The lowest BCUT2D eigenvalue weighted by molar-refractivity contribution is -0.163. The fourth-order valence-corrected chi connectivity index (χ4v) is 8.20. The Labute approximate surface area is 285 Å². The number of aliphatic hydroxyl groups is 1. The van der Waals surface area contributed by atoms with E-state index >= 15 is 0 Å². The van der Waals surface area contributed by atoms with Crippen LogP contribution >= 0.6 is 15.9 Å². The second-order valence-electron chi connectivity index (χ2n) is 12.4. The van der Waals surface area contributed by atoms with Crippen molar-refractivity contribution >= 4 is 39.6 Å². The standard InChI is InChI=1S/C35H48BrN3O8/c1-5-8-16-26(41)37-25(22-45-4)29(23-14-11-10-12-15-23)46-34(44)27-28-32(42)39(19-13-20-40)31(35(28)21-24(36)30(27)47-35)33(43)38(17-7-3)18-9-6-2/h5,7,10-12,14-15,24-25,27-31,40H,1,3,6,8-9,13,16-22H2,2,4H3,(H,37,41)/t24?,25-,27+,28-,29-,30+,31+,35-/m0/s1. The molecular formula is C35H48BrN3O8. The van der Waals surface area contributed by atoms with Gasteiger partial charge in [-0.15, -0.1) is 13.2 Å². The van der Waals surface area contributed by atoms with E-state index in [0.717, 1.165) is 12.8 Å². The maximum Gasteiger partial charge on any atom is 0.313 e. The second kappa shape index (κ2) is 16.9. The average molecular weight is 719 g/mol. The van der Waals surface area contributed by atoms with E-state index in [0.29, 0.717) is 31.5 Å². The highest BCUT2D eigenvalue weighted by molar-refractivity contribution is 9.09. The number of amides is 3. The number of methoxy groups -OCH3 is 1. The van der Waals surface area contributed by atoms with Gasteiger partial charge in [-0.2, -0.15) is 0 Å². The van der Waals surface area contributed by atoms with Gasteiger partial charge < -0.3 is 34.4 Å². The normalized spacial score (nSPS) is 27.2. The number of hydrogen-bond donors (Lipinski definition) is 2. The predicted molar refractivity (Wildman–Crippen MR) is 179 cm³/mol. The number of likely N-dealkylation sites (tertiary alicyclic amines) is 1. The number of benzene rings is 1. The van der Waals surface area contributed by atoms with Crippen LogP contribution in [0.4, 0.5) is 0 Å². The maximum absolute atomic E-state index is 14.4. The molecule has 8 atom stereocenters. The number of carbonyl (C=O) groups is 4. The van der Waals surface area contributed by atoms with Crippen molar-refractivity contribution in [2.45, 2.75) is 80.2 Å². The molecule has 0 aliphatic carbocycles. The summed E-state index contributed by atoms with van der Waals surface area (Å²) in [4.78, 5) is 58.7. The molecule has 258 valence electrons. The van der Waals surface area contributed by atoms with Gasteiger partial charge in [-0.1, -0.05) is 71.8 Å². The third-order valence-corrected chi connectivity index (χ3v) is 10.1. The molecule has 1 spiro atoms. The van der Waals surface area contributed by atoms with Crippen LogP contribution in [0.15, 0.2) is 55.6 Å². The minimum atomic E-state index is -1.26. The number of carbonyl (C=O) groups excluding carboxylic acids is 4. The molecule has 0 saturated carbocycles. The van der Waals surface area contributed by atoms with Crippen LogP contribution in [-0.4, -0.2) is 107 Å². The smallest absolute Gasteiger partial charge is 0.313 e. The van der Waals surface area contributed by atoms with Gasteiger partial charge in [0.2, 0.25) is 17.7 Å². The average Bonchev–Trinajstić information content (AvgIpc) is 3.66. The van der Waals surface area contributed by atoms with Crippen LogP contribution in [0.3, 0.4) is 0 Å². The molecule has 3 heterocycles. The van der Waals surface area contributed by atoms with Crippen LogP contribution in [-0.2, 0) is 33.4 Å². The van der Waals surface area contributed by atoms with E-state index in [1.54, 1.807) is 29.2 Å². The lowest BCUT2D eigenvalue weighted by atomic mass is 9.70. The first kappa shape index (κ1) is 36.8. The third kappa shape index (κ3) is 7.66. The lowest BCUT2D eigenvalue weighted by Gasteiger charge is -2.37. The predicted octanol–water partition coefficient (Wildman–Crippen LogP) is 3.31. The molecule has 0 aromatic heterocycles. The van der Waals surface area contributed by atoms with Crippen molar-refractivity contribution in [3.05, 3.63) is 61.2 Å². The number of alkyl halides is 1. The number of allylic oxidation sites excluding steroid dienone is 1. The van der Waals surface area contributed by atoms with E-state index in [4.69, 9.17) is 14.2 Å². The number of halogens is 1. The van der Waals surface area contributed by atoms with Crippen LogP contribution < -0.4 is 5.32 Å². The molecule has 4 rings (SSSR count). The number of nitrogens with one attached hydrogen (secondary N) is 1. The first-order chi connectivity index (χ1) is 22.7. The van der Waals surface area contributed by atoms with Gasteiger partial charge in [0.25, 0.3) is 0 Å². The summed E-state index contributed by atoms with van der Waals surface area (Å²) in [6.45, 7) is 10.4. The molecule has 1 unspecified atom stereocenters. The summed E-state index contributed by atoms with van der Waals surface area (Å²) in [6, 6.07) is 7.38. The van der Waals surface area contributed by atoms with Gasteiger partial charge in [-0.05, 0) is 31.2 Å². The quantitative estimate of drug-likeness (QED) is 0.127. The summed E-state index contributed by atoms with van der Waals surface area (Å²) >= 11 is 3.71. The van der Waals surface area contributed by atoms with Crippen molar-refractivity contribution in [2.75, 3.05) is 40.0 Å². The van der Waals surface area contributed by atoms with Crippen LogP contribution in [0.5, 0.6) is 0 Å². The van der Waals surface area contributed by atoms with Crippen LogP contribution in [0.25, 0.3) is 0 Å². The van der Waals surface area contributed by atoms with E-state index in [1.807, 2.05) is 25.1 Å². The molecule has 0 radical (unpaired) electrons. The lowest BCUT2D eigenvalue weighted by Crippen LogP contribution is -2.57. The van der Waals surface area contributed by atoms with E-state index < -0.39 is 47.7 Å². The van der Waals surface area contributed by atoms with E-state index in [9.17, 15) is 24.3 Å². The number of ether oxygens (including phenoxy) is 3. The highest BCUT2D eigenvalue weighted by Gasteiger charge is 2.77. The number of nitrogens with zero attached hydrogens (tertiary/aromatic N) is 2. The Morgan fingerprint density at radius 2 is 1.98 bits per heavy atom. The summed E-state index contributed by atoms with van der Waals surface area (Å²) < 4.78 is 18.3. The zero-order valence-corrected chi connectivity index (χ0v) is 28.9. The first-order valence-corrected chi connectivity index (χ1v) is 17.4. The minimum absolute atomic E-state index is 0.0625. The number of aliphatic hydroxyl groups excluding tert-OH is 1. The Bertz CT molecular complexity index is 1280. The molecule has 12 heteroatoms. The van der Waals surface area contributed by atoms with Crippen molar-refractivity contribution in [3.8, 4) is 0 Å². The van der Waals surface area contributed by atoms with Crippen LogP contribution in [0.1, 0.15) is 57.1 Å². The SMILES string of the molecule is C=CCCC(=O)N[C@@H](COC)[C@@H](OC(=O)[C@H]1[C@@H]2O[C@@]3(CC2Br)[C@@H]1C(=O)N(CCCO)[C@@H]3C(=O)N(CC=C)CCCC)c1ccccc1. The summed E-state index contributed by atoms with van der Waals surface area (Å²) in [5.41, 5.74) is -0.613. The molecule has 3 fully saturated rings. The van der Waals surface area contributed by atoms with Gasteiger partial charge >= 0.3 is 5.97 Å². The van der Waals surface area contributed by atoms with Gasteiger partial charge in [-0.3, -0.25) is 19.2 Å². The Kier molecular flexibility index (Phi) is 13.2. The van der Waals surface area contributed by atoms with Crippen LogP contribution in [0, 0.1) is 11.8 Å². The Morgan fingerprint density at radius 1 is 1.23 bits per heavy atom. The molecule has 11 nitrogen and oxygen atoms in total. The van der Waals surface area contributed by atoms with Crippen molar-refractivity contribution < 1.29 is 38.5 Å². The Hall–Kier alpha value is -3.06. The molecule has 3 aliphatic rings. The molecule has 47 heavy (non-hydrogen) atoms. The first-order valence-electron chi connectivity index (χ1n) is 16.5. The van der Waals surface area contributed by atoms with Crippen molar-refractivity contribution in [2.24, 2.45) is 11.8 Å². The summed E-state index contributed by atoms with van der Waals surface area (Å²) in [7, 11) is 1.50. The van der Waals surface area contributed by atoms with Crippen molar-refractivity contribution in [3.63, 3.8) is 0 Å². The molecule has 3 amide bonds. The molecule has 1 aromatic carbocycles. The summed E-state index contributed by atoms with van der Waals surface area (Å²) in [5.74, 6) is -3.49. The van der Waals surface area contributed by atoms with Gasteiger partial charge in [-0.25, -0.2) is 0 Å². The van der Waals surface area contributed by atoms with Gasteiger partial charge in [0.15, 0.2) is 0 Å². The largest absolute Gasteiger partial charge is 0.455 e. The van der Waals surface area contributed by atoms with Crippen LogP contribution in [0.2, 0.25) is 0 Å². The minimum Gasteiger partial charge on any atom is -0.455 e. The topological polar surface area (TPSA) is 135 Å². The van der Waals surface area contributed by atoms with Gasteiger partial charge in [0, 0.05) is 44.6 Å². The highest BCUT2D eigenvalue weighted by atomic mass is 79.9. The molecule has 3 saturated heterocycles. The third-order valence-electron chi connectivity index (χ3n) is 9.30. The number of esters is 1. The Balaban J connectivity index is 1.70. The molecule has 2 N–H and O–H groups in total. The molecular weight excluding hydrogens is 670 g/mol. The zero-order chi connectivity index (χ0) is 34.1. The molecule has 2 bridgehead atoms. The van der Waals surface area contributed by atoms with Crippen molar-refractivity contribution in [1.82, 2.24) is 15.1 Å². The summed E-state index contributed by atoms with van der Waals surface area (Å²) in [6.07, 6.45) is 4.64. The molecule has 3 aliphatic heterocycles. The van der Waals surface area contributed by atoms with Crippen molar-refractivity contribution in [1.29, 1.82) is 0 Å². The maximum atomic E-state index is 14.4. The van der Waals surface area contributed by atoms with Gasteiger partial charge in [0.1, 0.15) is 17.7 Å². The fourth-order valence-electron chi connectivity index (χ4n) is 7.25. The second-order valence-corrected chi connectivity index (χ2v) is 13.6. The summed E-state index contributed by atoms with van der Waals surface area (Å²) in [5, 5.41) is 12.6. The van der Waals surface area contributed by atoms with E-state index in [-0.39, 0.29) is 55.1 Å². The highest BCUT2D eigenvalue weighted by Crippen LogP contribution is 2.60. The number of rotatable bonds is 19. The zero-order valence-electron chi connectivity index (χ0n) is 27.4. The number of fused-ring (bicyclic) bond motifs is 1.